The van der Waals surface area contributed by atoms with E-state index >= 15 is 0 Å². The average Bonchev–Trinajstić information content (AvgIpc) is 3.23. The molecule has 2 saturated carbocycles. The van der Waals surface area contributed by atoms with E-state index in [9.17, 15) is 9.90 Å². The highest BCUT2D eigenvalue weighted by atomic mass is 16.6. The number of nitrogens with zero attached hydrogens (tertiary/aromatic N) is 1. The van der Waals surface area contributed by atoms with Gasteiger partial charge in [-0.2, -0.15) is 0 Å². The normalized spacial score (nSPS) is 43.4. The van der Waals surface area contributed by atoms with Crippen molar-refractivity contribution in [3.63, 3.8) is 0 Å². The summed E-state index contributed by atoms with van der Waals surface area (Å²) < 4.78 is 18.6. The molecule has 0 bridgehead atoms. The van der Waals surface area contributed by atoms with Crippen LogP contribution in [0.1, 0.15) is 98.8 Å². The van der Waals surface area contributed by atoms with E-state index in [1.165, 1.54) is 38.5 Å². The van der Waals surface area contributed by atoms with Crippen LogP contribution in [0.15, 0.2) is 0 Å². The molecule has 36 heavy (non-hydrogen) atoms. The van der Waals surface area contributed by atoms with Crippen molar-refractivity contribution in [3.05, 3.63) is 0 Å². The van der Waals surface area contributed by atoms with E-state index in [1.807, 2.05) is 25.7 Å². The van der Waals surface area contributed by atoms with Crippen LogP contribution in [0.2, 0.25) is 0 Å². The fourth-order valence-electron chi connectivity index (χ4n) is 8.80. The molecule has 1 amide bonds. The van der Waals surface area contributed by atoms with Gasteiger partial charge in [0, 0.05) is 25.6 Å². The van der Waals surface area contributed by atoms with E-state index < -0.39 is 5.60 Å². The summed E-state index contributed by atoms with van der Waals surface area (Å²) >= 11 is 0. The molecule has 6 heteroatoms. The molecule has 0 aromatic heterocycles. The van der Waals surface area contributed by atoms with E-state index in [0.29, 0.717) is 23.7 Å². The third-order valence-corrected chi connectivity index (χ3v) is 11.0. The standard InChI is InChI=1S/C30H51NO5/c1-28(2,3)36-27(33)31-15-10-20(11-16-31)6-7-21-8-13-29(4)22-9-14-30(5)23(12-17-34-30)26(22)35-25(19-32)24(29)18-21/h20-26,32H,6-19H2,1-5H3/t21?,22?,23?,24?,25-,26?,29-,30+/m1/s1. The quantitative estimate of drug-likeness (QED) is 0.523. The Balaban J connectivity index is 1.15. The van der Waals surface area contributed by atoms with Gasteiger partial charge in [-0.25, -0.2) is 4.79 Å². The molecule has 0 aromatic carbocycles. The molecule has 206 valence electrons. The molecule has 3 heterocycles. The third kappa shape index (κ3) is 5.08. The average molecular weight is 506 g/mol. The van der Waals surface area contributed by atoms with Crippen LogP contribution in [0.3, 0.4) is 0 Å². The van der Waals surface area contributed by atoms with Crippen molar-refractivity contribution in [2.24, 2.45) is 35.0 Å². The number of likely N-dealkylation sites (tertiary alicyclic amines) is 1. The summed E-state index contributed by atoms with van der Waals surface area (Å²) in [6.07, 6.45) is 12.0. The van der Waals surface area contributed by atoms with Gasteiger partial charge in [-0.15, -0.1) is 0 Å². The summed E-state index contributed by atoms with van der Waals surface area (Å²) in [6.45, 7) is 13.2. The smallest absolute Gasteiger partial charge is 0.410 e. The topological polar surface area (TPSA) is 68.2 Å². The van der Waals surface area contributed by atoms with E-state index in [0.717, 1.165) is 51.3 Å². The summed E-state index contributed by atoms with van der Waals surface area (Å²) in [4.78, 5) is 14.3. The van der Waals surface area contributed by atoms with Crippen LogP contribution in [0.25, 0.3) is 0 Å². The first-order chi connectivity index (χ1) is 17.0. The molecule has 3 aliphatic heterocycles. The predicted molar refractivity (Wildman–Crippen MR) is 140 cm³/mol. The number of fused-ring (bicyclic) bond motifs is 5. The van der Waals surface area contributed by atoms with Crippen LogP contribution >= 0.6 is 0 Å². The minimum Gasteiger partial charge on any atom is -0.444 e. The van der Waals surface area contributed by atoms with Gasteiger partial charge in [-0.1, -0.05) is 19.8 Å². The Morgan fingerprint density at radius 3 is 2.39 bits per heavy atom. The number of carbonyl (C=O) groups is 1. The Morgan fingerprint density at radius 1 is 0.972 bits per heavy atom. The SMILES string of the molecule is CC(C)(C)OC(=O)N1CCC(CCC2CC[C@]3(C)C4CC[C@]5(C)OCCC5C4O[C@H](CO)C3C2)CC1. The lowest BCUT2D eigenvalue weighted by Gasteiger charge is -2.61. The Morgan fingerprint density at radius 2 is 1.69 bits per heavy atom. The maximum atomic E-state index is 12.4. The molecular formula is C30H51NO5. The molecule has 5 fully saturated rings. The number of rotatable bonds is 4. The Kier molecular flexibility index (Phi) is 7.46. The minimum absolute atomic E-state index is 0.0272. The zero-order valence-corrected chi connectivity index (χ0v) is 23.5. The summed E-state index contributed by atoms with van der Waals surface area (Å²) in [7, 11) is 0. The third-order valence-electron chi connectivity index (χ3n) is 11.0. The van der Waals surface area contributed by atoms with Gasteiger partial charge >= 0.3 is 6.09 Å². The second kappa shape index (κ2) is 10.0. The van der Waals surface area contributed by atoms with Crippen LogP contribution in [-0.2, 0) is 14.2 Å². The number of piperidine rings is 1. The Labute approximate surface area is 218 Å². The van der Waals surface area contributed by atoms with Crippen molar-refractivity contribution in [2.75, 3.05) is 26.3 Å². The number of hydrogen-bond acceptors (Lipinski definition) is 5. The van der Waals surface area contributed by atoms with Crippen LogP contribution in [0.5, 0.6) is 0 Å². The van der Waals surface area contributed by atoms with Crippen LogP contribution in [-0.4, -0.2) is 65.8 Å². The molecule has 6 nitrogen and oxygen atoms in total. The van der Waals surface area contributed by atoms with Gasteiger partial charge in [0.25, 0.3) is 0 Å². The molecule has 0 radical (unpaired) electrons. The zero-order chi connectivity index (χ0) is 25.7. The molecular weight excluding hydrogens is 454 g/mol. The monoisotopic (exact) mass is 505 g/mol. The van der Waals surface area contributed by atoms with Crippen molar-refractivity contribution in [2.45, 2.75) is 122 Å². The maximum absolute atomic E-state index is 12.4. The van der Waals surface area contributed by atoms with E-state index in [-0.39, 0.29) is 35.9 Å². The first-order valence-corrected chi connectivity index (χ1v) is 14.9. The second-order valence-corrected chi connectivity index (χ2v) is 14.3. The second-order valence-electron chi connectivity index (χ2n) is 14.3. The highest BCUT2D eigenvalue weighted by molar-refractivity contribution is 5.68. The zero-order valence-electron chi connectivity index (χ0n) is 23.5. The van der Waals surface area contributed by atoms with Gasteiger partial charge in [-0.05, 0) is 108 Å². The van der Waals surface area contributed by atoms with Crippen LogP contribution in [0.4, 0.5) is 4.79 Å². The summed E-state index contributed by atoms with van der Waals surface area (Å²) in [5.41, 5.74) is -0.184. The minimum atomic E-state index is -0.430. The lowest BCUT2D eigenvalue weighted by Crippen LogP contribution is -2.62. The fraction of sp³-hybridized carbons (Fsp3) is 0.967. The maximum Gasteiger partial charge on any atom is 0.410 e. The fourth-order valence-corrected chi connectivity index (χ4v) is 8.80. The first-order valence-electron chi connectivity index (χ1n) is 14.9. The van der Waals surface area contributed by atoms with Crippen molar-refractivity contribution in [1.29, 1.82) is 0 Å². The molecule has 0 aromatic rings. The summed E-state index contributed by atoms with van der Waals surface area (Å²) in [5.74, 6) is 2.97. The van der Waals surface area contributed by atoms with Crippen molar-refractivity contribution < 1.29 is 24.1 Å². The van der Waals surface area contributed by atoms with E-state index in [4.69, 9.17) is 14.2 Å². The lowest BCUT2D eigenvalue weighted by molar-refractivity contribution is -0.253. The molecule has 5 rings (SSSR count). The number of hydrogen-bond donors (Lipinski definition) is 1. The Hall–Kier alpha value is -0.850. The van der Waals surface area contributed by atoms with E-state index in [1.54, 1.807) is 0 Å². The summed E-state index contributed by atoms with van der Waals surface area (Å²) in [6, 6.07) is 0. The molecule has 1 N–H and O–H groups in total. The van der Waals surface area contributed by atoms with Gasteiger partial charge in [0.1, 0.15) is 5.60 Å². The molecule has 2 aliphatic carbocycles. The lowest BCUT2D eigenvalue weighted by atomic mass is 9.50. The number of carbonyl (C=O) groups excluding carboxylic acids is 1. The van der Waals surface area contributed by atoms with Gasteiger partial charge in [0.15, 0.2) is 0 Å². The van der Waals surface area contributed by atoms with Gasteiger partial charge < -0.3 is 24.2 Å². The molecule has 5 aliphatic rings. The largest absolute Gasteiger partial charge is 0.444 e. The summed E-state index contributed by atoms with van der Waals surface area (Å²) in [5, 5.41) is 10.4. The number of ether oxygens (including phenoxy) is 3. The van der Waals surface area contributed by atoms with Crippen molar-refractivity contribution in [3.8, 4) is 0 Å². The van der Waals surface area contributed by atoms with Crippen LogP contribution in [0, 0.1) is 35.0 Å². The van der Waals surface area contributed by atoms with Gasteiger partial charge in [0.2, 0.25) is 0 Å². The predicted octanol–water partition coefficient (Wildman–Crippen LogP) is 5.80. The highest BCUT2D eigenvalue weighted by Gasteiger charge is 2.61. The first kappa shape index (κ1) is 26.7. The van der Waals surface area contributed by atoms with Crippen molar-refractivity contribution >= 4 is 6.09 Å². The molecule has 3 saturated heterocycles. The molecule has 5 unspecified atom stereocenters. The highest BCUT2D eigenvalue weighted by Crippen LogP contribution is 2.61. The number of amides is 1. The van der Waals surface area contributed by atoms with E-state index in [2.05, 4.69) is 13.8 Å². The molecule has 8 atom stereocenters. The van der Waals surface area contributed by atoms with Crippen LogP contribution < -0.4 is 0 Å². The molecule has 0 spiro atoms. The van der Waals surface area contributed by atoms with Crippen molar-refractivity contribution in [1.82, 2.24) is 4.90 Å². The number of aliphatic hydroxyl groups excluding tert-OH is 1. The van der Waals surface area contributed by atoms with Gasteiger partial charge in [-0.3, -0.25) is 0 Å². The number of aliphatic hydroxyl groups is 1. The van der Waals surface area contributed by atoms with Gasteiger partial charge in [0.05, 0.1) is 24.4 Å². The Bertz CT molecular complexity index is 789.